The number of piperazine rings is 1. The molecule has 2 heterocycles. The first kappa shape index (κ1) is 15.0. The second-order valence-electron chi connectivity index (χ2n) is 7.79. The van der Waals surface area contributed by atoms with Crippen molar-refractivity contribution >= 4 is 11.6 Å². The molecule has 0 N–H and O–H groups in total. The number of hydrogen-bond donors (Lipinski definition) is 0. The number of carbonyl (C=O) groups is 1. The molecular formula is C22H24N2O. The highest BCUT2D eigenvalue weighted by Gasteiger charge is 2.51. The first-order chi connectivity index (χ1) is 12.2. The minimum Gasteiger partial charge on any atom is -0.356 e. The van der Waals surface area contributed by atoms with Crippen molar-refractivity contribution in [3.63, 3.8) is 0 Å². The van der Waals surface area contributed by atoms with Gasteiger partial charge in [0.15, 0.2) is 0 Å². The van der Waals surface area contributed by atoms with Gasteiger partial charge in [0, 0.05) is 18.2 Å². The van der Waals surface area contributed by atoms with E-state index in [1.807, 2.05) is 6.07 Å². The monoisotopic (exact) mass is 332 g/mol. The van der Waals surface area contributed by atoms with Crippen LogP contribution in [-0.4, -0.2) is 29.4 Å². The highest BCUT2D eigenvalue weighted by atomic mass is 16.2. The Labute approximate surface area is 149 Å². The lowest BCUT2D eigenvalue weighted by Gasteiger charge is -2.49. The summed E-state index contributed by atoms with van der Waals surface area (Å²) in [7, 11) is 0. The maximum Gasteiger partial charge on any atom is 0.242 e. The third kappa shape index (κ3) is 2.29. The van der Waals surface area contributed by atoms with E-state index in [4.69, 9.17) is 0 Å². The molecule has 2 aromatic rings. The SMILES string of the molecule is Cc1ccc2c(c1)[C@@H]1CCC[C@@H]3[C@H]1N2CC(=O)N3Cc1ccccc1. The van der Waals surface area contributed by atoms with Gasteiger partial charge >= 0.3 is 0 Å². The van der Waals surface area contributed by atoms with Crippen LogP contribution in [-0.2, 0) is 11.3 Å². The van der Waals surface area contributed by atoms with Crippen LogP contribution in [0.3, 0.4) is 0 Å². The van der Waals surface area contributed by atoms with Crippen molar-refractivity contribution in [2.24, 2.45) is 0 Å². The minimum atomic E-state index is 0.277. The summed E-state index contributed by atoms with van der Waals surface area (Å²) in [6.45, 7) is 3.45. The van der Waals surface area contributed by atoms with E-state index in [-0.39, 0.29) is 5.91 Å². The van der Waals surface area contributed by atoms with Crippen LogP contribution in [0, 0.1) is 6.92 Å². The standard InChI is InChI=1S/C22H24N2O/c1-15-10-11-19-18(12-15)17-8-5-9-20-22(17)24(19)14-21(25)23(20)13-16-6-3-2-4-7-16/h2-4,6-7,10-12,17,20,22H,5,8-9,13-14H2,1H3/t17-,20+,22-/m0/s1. The van der Waals surface area contributed by atoms with Crippen LogP contribution in [0.1, 0.15) is 41.9 Å². The molecule has 1 amide bonds. The zero-order valence-corrected chi connectivity index (χ0v) is 14.7. The van der Waals surface area contributed by atoms with Gasteiger partial charge in [-0.15, -0.1) is 0 Å². The van der Waals surface area contributed by atoms with Crippen molar-refractivity contribution in [3.05, 3.63) is 65.2 Å². The first-order valence-corrected chi connectivity index (χ1v) is 9.43. The summed E-state index contributed by atoms with van der Waals surface area (Å²) >= 11 is 0. The number of carbonyl (C=O) groups excluding carboxylic acids is 1. The van der Waals surface area contributed by atoms with Crippen LogP contribution in [0.2, 0.25) is 0 Å². The van der Waals surface area contributed by atoms with Crippen molar-refractivity contribution in [2.45, 2.75) is 50.7 Å². The number of fused-ring (bicyclic) bond motifs is 3. The third-order valence-corrected chi connectivity index (χ3v) is 6.30. The van der Waals surface area contributed by atoms with Crippen LogP contribution < -0.4 is 4.90 Å². The molecule has 1 saturated carbocycles. The van der Waals surface area contributed by atoms with E-state index in [0.29, 0.717) is 24.5 Å². The topological polar surface area (TPSA) is 23.6 Å². The van der Waals surface area contributed by atoms with Crippen molar-refractivity contribution < 1.29 is 4.79 Å². The predicted octanol–water partition coefficient (Wildman–Crippen LogP) is 3.86. The van der Waals surface area contributed by atoms with E-state index in [0.717, 1.165) is 13.0 Å². The molecule has 0 bridgehead atoms. The van der Waals surface area contributed by atoms with Gasteiger partial charge in [0.25, 0.3) is 0 Å². The number of benzene rings is 2. The summed E-state index contributed by atoms with van der Waals surface area (Å²) in [6, 6.07) is 18.0. The number of aryl methyl sites for hydroxylation is 1. The van der Waals surface area contributed by atoms with Crippen LogP contribution in [0.5, 0.6) is 0 Å². The molecule has 3 atom stereocenters. The molecule has 2 aromatic carbocycles. The average Bonchev–Trinajstić information content (AvgIpc) is 2.94. The molecule has 3 aliphatic rings. The van der Waals surface area contributed by atoms with Crippen molar-refractivity contribution in [1.29, 1.82) is 0 Å². The fraction of sp³-hybridized carbons (Fsp3) is 0.409. The van der Waals surface area contributed by atoms with Gasteiger partial charge in [-0.25, -0.2) is 0 Å². The summed E-state index contributed by atoms with van der Waals surface area (Å²) in [5, 5.41) is 0. The number of hydrogen-bond acceptors (Lipinski definition) is 2. The molecule has 2 fully saturated rings. The summed E-state index contributed by atoms with van der Waals surface area (Å²) in [5.74, 6) is 0.860. The molecule has 5 rings (SSSR count). The van der Waals surface area contributed by atoms with Crippen LogP contribution >= 0.6 is 0 Å². The van der Waals surface area contributed by atoms with E-state index >= 15 is 0 Å². The Morgan fingerprint density at radius 1 is 1.08 bits per heavy atom. The Bertz CT molecular complexity index is 816. The Morgan fingerprint density at radius 2 is 1.92 bits per heavy atom. The Kier molecular flexibility index (Phi) is 3.37. The average molecular weight is 332 g/mol. The van der Waals surface area contributed by atoms with Crippen LogP contribution in [0.4, 0.5) is 5.69 Å². The predicted molar refractivity (Wildman–Crippen MR) is 99.7 cm³/mol. The number of amides is 1. The molecular weight excluding hydrogens is 308 g/mol. The highest BCUT2D eigenvalue weighted by Crippen LogP contribution is 2.50. The lowest BCUT2D eigenvalue weighted by molar-refractivity contribution is -0.136. The largest absolute Gasteiger partial charge is 0.356 e. The summed E-state index contributed by atoms with van der Waals surface area (Å²) < 4.78 is 0. The minimum absolute atomic E-state index is 0.277. The van der Waals surface area contributed by atoms with E-state index in [2.05, 4.69) is 59.2 Å². The molecule has 0 aromatic heterocycles. The second-order valence-corrected chi connectivity index (χ2v) is 7.79. The molecule has 3 nitrogen and oxygen atoms in total. The fourth-order valence-corrected chi connectivity index (χ4v) is 5.25. The van der Waals surface area contributed by atoms with Crippen LogP contribution in [0.15, 0.2) is 48.5 Å². The molecule has 128 valence electrons. The van der Waals surface area contributed by atoms with Gasteiger partial charge in [-0.3, -0.25) is 4.79 Å². The highest BCUT2D eigenvalue weighted by molar-refractivity contribution is 5.86. The van der Waals surface area contributed by atoms with E-state index < -0.39 is 0 Å². The Balaban J connectivity index is 1.52. The first-order valence-electron chi connectivity index (χ1n) is 9.43. The normalized spacial score (nSPS) is 27.2. The van der Waals surface area contributed by atoms with Gasteiger partial charge in [-0.1, -0.05) is 54.4 Å². The van der Waals surface area contributed by atoms with Crippen molar-refractivity contribution in [1.82, 2.24) is 4.90 Å². The van der Waals surface area contributed by atoms with E-state index in [1.165, 1.54) is 35.2 Å². The number of rotatable bonds is 2. The molecule has 25 heavy (non-hydrogen) atoms. The van der Waals surface area contributed by atoms with Gasteiger partial charge < -0.3 is 9.80 Å². The Hall–Kier alpha value is -2.29. The number of anilines is 1. The second kappa shape index (κ2) is 5.62. The quantitative estimate of drug-likeness (QED) is 0.834. The van der Waals surface area contributed by atoms with E-state index in [9.17, 15) is 4.79 Å². The van der Waals surface area contributed by atoms with Gasteiger partial charge in [-0.2, -0.15) is 0 Å². The maximum absolute atomic E-state index is 13.0. The fourth-order valence-electron chi connectivity index (χ4n) is 5.25. The third-order valence-electron chi connectivity index (χ3n) is 6.30. The van der Waals surface area contributed by atoms with Crippen LogP contribution in [0.25, 0.3) is 0 Å². The zero-order chi connectivity index (χ0) is 17.0. The molecule has 2 aliphatic heterocycles. The van der Waals surface area contributed by atoms with E-state index in [1.54, 1.807) is 0 Å². The van der Waals surface area contributed by atoms with Crippen molar-refractivity contribution in [2.75, 3.05) is 11.4 Å². The van der Waals surface area contributed by atoms with Gasteiger partial charge in [-0.05, 0) is 37.0 Å². The molecule has 3 heteroatoms. The summed E-state index contributed by atoms with van der Waals surface area (Å²) in [6.07, 6.45) is 3.59. The molecule has 0 radical (unpaired) electrons. The smallest absolute Gasteiger partial charge is 0.242 e. The zero-order valence-electron chi connectivity index (χ0n) is 14.7. The lowest BCUT2D eigenvalue weighted by atomic mass is 9.77. The van der Waals surface area contributed by atoms with Gasteiger partial charge in [0.2, 0.25) is 5.91 Å². The molecule has 0 unspecified atom stereocenters. The molecule has 1 saturated heterocycles. The van der Waals surface area contributed by atoms with Crippen molar-refractivity contribution in [3.8, 4) is 0 Å². The Morgan fingerprint density at radius 3 is 2.76 bits per heavy atom. The maximum atomic E-state index is 13.0. The number of nitrogens with zero attached hydrogens (tertiary/aromatic N) is 2. The summed E-state index contributed by atoms with van der Waals surface area (Å²) in [5.41, 5.74) is 5.34. The van der Waals surface area contributed by atoms with Gasteiger partial charge in [0.05, 0.1) is 18.6 Å². The molecule has 1 aliphatic carbocycles. The molecule has 0 spiro atoms. The van der Waals surface area contributed by atoms with Gasteiger partial charge in [0.1, 0.15) is 0 Å². The lowest BCUT2D eigenvalue weighted by Crippen LogP contribution is -2.62. The summed E-state index contributed by atoms with van der Waals surface area (Å²) in [4.78, 5) is 17.6.